The van der Waals surface area contributed by atoms with Crippen LogP contribution < -0.4 is 10.1 Å². The summed E-state index contributed by atoms with van der Waals surface area (Å²) in [5, 5.41) is 11.6. The molecular weight excluding hydrogens is 416 g/mol. The molecule has 0 aliphatic heterocycles. The van der Waals surface area contributed by atoms with Crippen LogP contribution in [0, 0.1) is 13.8 Å². The molecule has 1 N–H and O–H groups in total. The van der Waals surface area contributed by atoms with E-state index in [1.54, 1.807) is 24.0 Å². The molecule has 8 heteroatoms. The molecule has 1 amide bonds. The number of ether oxygens (including phenoxy) is 1. The van der Waals surface area contributed by atoms with Gasteiger partial charge in [-0.25, -0.2) is 0 Å². The number of amides is 1. The minimum Gasteiger partial charge on any atom is -0.489 e. The number of aryl methyl sites for hydroxylation is 2. The van der Waals surface area contributed by atoms with Gasteiger partial charge in [-0.3, -0.25) is 9.48 Å². The quantitative estimate of drug-likeness (QED) is 0.439. The Hall–Kier alpha value is -3.58. The number of nitrogens with zero attached hydrogens (tertiary/aromatic N) is 3. The van der Waals surface area contributed by atoms with Crippen LogP contribution in [0.25, 0.3) is 0 Å². The Balaban J connectivity index is 1.45. The lowest BCUT2D eigenvalue weighted by atomic mass is 10.1. The van der Waals surface area contributed by atoms with Crippen molar-refractivity contribution in [3.8, 4) is 5.75 Å². The van der Waals surface area contributed by atoms with Gasteiger partial charge >= 0.3 is 0 Å². The van der Waals surface area contributed by atoms with Gasteiger partial charge in [0.2, 0.25) is 0 Å². The van der Waals surface area contributed by atoms with E-state index in [0.29, 0.717) is 34.3 Å². The Morgan fingerprint density at radius 1 is 1.19 bits per heavy atom. The van der Waals surface area contributed by atoms with E-state index in [1.807, 2.05) is 55.5 Å². The minimum absolute atomic E-state index is 0.182. The normalized spacial score (nSPS) is 10.8. The predicted molar refractivity (Wildman–Crippen MR) is 117 cm³/mol. The number of hydrogen-bond donors (Lipinski definition) is 1. The average molecular weight is 437 g/mol. The molecule has 4 rings (SSSR count). The number of carbonyl (C=O) groups excluding carboxylic acids is 1. The Morgan fingerprint density at radius 3 is 2.74 bits per heavy atom. The maximum absolute atomic E-state index is 12.9. The van der Waals surface area contributed by atoms with Gasteiger partial charge in [0.05, 0.1) is 23.3 Å². The molecule has 2 aromatic carbocycles. The van der Waals surface area contributed by atoms with Crippen molar-refractivity contribution in [3.63, 3.8) is 0 Å². The van der Waals surface area contributed by atoms with Crippen molar-refractivity contribution in [3.05, 3.63) is 94.1 Å². The molecule has 0 saturated carbocycles. The number of rotatable bonds is 7. The highest BCUT2D eigenvalue weighted by molar-refractivity contribution is 6.30. The van der Waals surface area contributed by atoms with Gasteiger partial charge in [0.1, 0.15) is 18.1 Å². The SMILES string of the molecule is Cc1ccc(OCc2c(C(=O)Nc3cccc(Cn4cc(Cl)cn4)c3)noc2C)cc1. The Morgan fingerprint density at radius 2 is 2.00 bits per heavy atom. The molecule has 0 unspecified atom stereocenters. The van der Waals surface area contributed by atoms with Crippen molar-refractivity contribution in [2.75, 3.05) is 5.32 Å². The highest BCUT2D eigenvalue weighted by Crippen LogP contribution is 2.20. The molecule has 158 valence electrons. The van der Waals surface area contributed by atoms with Gasteiger partial charge in [0.15, 0.2) is 5.69 Å². The maximum atomic E-state index is 12.9. The standard InChI is InChI=1S/C23H21ClN4O3/c1-15-6-8-20(9-7-15)30-14-21-16(2)31-27-22(21)23(29)26-19-5-3-4-17(10-19)12-28-13-18(24)11-25-28/h3-11,13H,12,14H2,1-2H3,(H,26,29). The van der Waals surface area contributed by atoms with Crippen LogP contribution in [0.4, 0.5) is 5.69 Å². The number of anilines is 1. The highest BCUT2D eigenvalue weighted by Gasteiger charge is 2.20. The number of carbonyl (C=O) groups is 1. The number of hydrogen-bond acceptors (Lipinski definition) is 5. The molecule has 31 heavy (non-hydrogen) atoms. The maximum Gasteiger partial charge on any atom is 0.278 e. The topological polar surface area (TPSA) is 82.2 Å². The van der Waals surface area contributed by atoms with Crippen LogP contribution in [0.2, 0.25) is 5.02 Å². The number of nitrogens with one attached hydrogen (secondary N) is 1. The second kappa shape index (κ2) is 9.06. The molecule has 0 radical (unpaired) electrons. The summed E-state index contributed by atoms with van der Waals surface area (Å²) in [5.74, 6) is 0.893. The number of halogens is 1. The van der Waals surface area contributed by atoms with E-state index in [0.717, 1.165) is 11.1 Å². The van der Waals surface area contributed by atoms with E-state index < -0.39 is 0 Å². The van der Waals surface area contributed by atoms with Crippen LogP contribution in [-0.2, 0) is 13.2 Å². The van der Waals surface area contributed by atoms with Gasteiger partial charge in [-0.05, 0) is 43.7 Å². The summed E-state index contributed by atoms with van der Waals surface area (Å²) in [6.45, 7) is 4.49. The fourth-order valence-corrected chi connectivity index (χ4v) is 3.24. The third-order valence-electron chi connectivity index (χ3n) is 4.74. The van der Waals surface area contributed by atoms with Crippen LogP contribution >= 0.6 is 11.6 Å². The zero-order valence-corrected chi connectivity index (χ0v) is 17.9. The summed E-state index contributed by atoms with van der Waals surface area (Å²) in [4.78, 5) is 12.9. The molecule has 0 aliphatic rings. The van der Waals surface area contributed by atoms with Gasteiger partial charge in [0, 0.05) is 11.9 Å². The van der Waals surface area contributed by atoms with E-state index in [9.17, 15) is 4.79 Å². The summed E-state index contributed by atoms with van der Waals surface area (Å²) < 4.78 is 12.8. The summed E-state index contributed by atoms with van der Waals surface area (Å²) in [6, 6.07) is 15.2. The lowest BCUT2D eigenvalue weighted by molar-refractivity contribution is 0.101. The Bertz CT molecular complexity index is 1200. The second-order valence-corrected chi connectivity index (χ2v) is 7.61. The van der Waals surface area contributed by atoms with Gasteiger partial charge in [-0.1, -0.05) is 46.6 Å². The van der Waals surface area contributed by atoms with Crippen molar-refractivity contribution < 1.29 is 14.1 Å². The zero-order valence-electron chi connectivity index (χ0n) is 17.1. The first kappa shape index (κ1) is 20.7. The van der Waals surface area contributed by atoms with Gasteiger partial charge < -0.3 is 14.6 Å². The number of benzene rings is 2. The number of aromatic nitrogens is 3. The molecule has 0 saturated heterocycles. The monoisotopic (exact) mass is 436 g/mol. The van der Waals surface area contributed by atoms with Crippen LogP contribution in [0.5, 0.6) is 5.75 Å². The van der Waals surface area contributed by atoms with Gasteiger partial charge in [-0.2, -0.15) is 5.10 Å². The molecule has 4 aromatic rings. The van der Waals surface area contributed by atoms with Crippen molar-refractivity contribution in [1.82, 2.24) is 14.9 Å². The van der Waals surface area contributed by atoms with Gasteiger partial charge in [-0.15, -0.1) is 0 Å². The van der Waals surface area contributed by atoms with Crippen LogP contribution in [0.15, 0.2) is 65.4 Å². The summed E-state index contributed by atoms with van der Waals surface area (Å²) in [7, 11) is 0. The molecule has 0 fully saturated rings. The average Bonchev–Trinajstić information content (AvgIpc) is 3.33. The van der Waals surface area contributed by atoms with E-state index in [2.05, 4.69) is 15.6 Å². The first-order valence-corrected chi connectivity index (χ1v) is 10.1. The van der Waals surface area contributed by atoms with Crippen molar-refractivity contribution >= 4 is 23.2 Å². The lowest BCUT2D eigenvalue weighted by Crippen LogP contribution is -2.15. The molecule has 2 heterocycles. The van der Waals surface area contributed by atoms with Crippen molar-refractivity contribution in [2.24, 2.45) is 0 Å². The van der Waals surface area contributed by atoms with Gasteiger partial charge in [0.25, 0.3) is 5.91 Å². The molecule has 2 aromatic heterocycles. The fourth-order valence-electron chi connectivity index (χ4n) is 3.08. The Kier molecular flexibility index (Phi) is 6.04. The van der Waals surface area contributed by atoms with Crippen molar-refractivity contribution in [1.29, 1.82) is 0 Å². The van der Waals surface area contributed by atoms with Crippen LogP contribution in [0.1, 0.15) is 32.9 Å². The molecule has 0 aliphatic carbocycles. The van der Waals surface area contributed by atoms with E-state index >= 15 is 0 Å². The third kappa shape index (κ3) is 5.13. The van der Waals surface area contributed by atoms with Crippen LogP contribution in [-0.4, -0.2) is 20.8 Å². The first-order valence-electron chi connectivity index (χ1n) is 9.71. The smallest absolute Gasteiger partial charge is 0.278 e. The van der Waals surface area contributed by atoms with Crippen LogP contribution in [0.3, 0.4) is 0 Å². The largest absolute Gasteiger partial charge is 0.489 e. The third-order valence-corrected chi connectivity index (χ3v) is 4.93. The Labute approximate surface area is 184 Å². The van der Waals surface area contributed by atoms with Crippen molar-refractivity contribution in [2.45, 2.75) is 27.0 Å². The molecule has 0 bridgehead atoms. The summed E-state index contributed by atoms with van der Waals surface area (Å²) in [6.07, 6.45) is 3.33. The molecular formula is C23H21ClN4O3. The molecule has 7 nitrogen and oxygen atoms in total. The molecule has 0 atom stereocenters. The summed E-state index contributed by atoms with van der Waals surface area (Å²) >= 11 is 5.92. The second-order valence-electron chi connectivity index (χ2n) is 7.18. The van der Waals surface area contributed by atoms with E-state index in [1.165, 1.54) is 0 Å². The highest BCUT2D eigenvalue weighted by atomic mass is 35.5. The minimum atomic E-state index is -0.362. The van der Waals surface area contributed by atoms with E-state index in [4.69, 9.17) is 20.9 Å². The molecule has 0 spiro atoms. The predicted octanol–water partition coefficient (Wildman–Crippen LogP) is 5.02. The van der Waals surface area contributed by atoms with E-state index in [-0.39, 0.29) is 18.2 Å². The summed E-state index contributed by atoms with van der Waals surface area (Å²) in [5.41, 5.74) is 3.57. The lowest BCUT2D eigenvalue weighted by Gasteiger charge is -2.09. The zero-order chi connectivity index (χ0) is 21.8. The fraction of sp³-hybridized carbons (Fsp3) is 0.174. The first-order chi connectivity index (χ1) is 15.0.